The van der Waals surface area contributed by atoms with Crippen LogP contribution in [0.5, 0.6) is 5.06 Å². The van der Waals surface area contributed by atoms with E-state index >= 15 is 0 Å². The molecule has 1 N–H and O–H groups in total. The zero-order valence-electron chi connectivity index (χ0n) is 9.01. The topological polar surface area (TPSA) is 21.3 Å². The highest BCUT2D eigenvalue weighted by Gasteiger charge is 1.98. The van der Waals surface area contributed by atoms with Gasteiger partial charge in [0.25, 0.3) is 0 Å². The second-order valence-electron chi connectivity index (χ2n) is 3.31. The summed E-state index contributed by atoms with van der Waals surface area (Å²) in [4.78, 5) is 1.35. The van der Waals surface area contributed by atoms with Crippen molar-refractivity contribution in [2.24, 2.45) is 0 Å². The fourth-order valence-corrected chi connectivity index (χ4v) is 2.06. The van der Waals surface area contributed by atoms with Gasteiger partial charge in [-0.15, -0.1) is 11.3 Å². The Morgan fingerprint density at radius 2 is 2.21 bits per heavy atom. The summed E-state index contributed by atoms with van der Waals surface area (Å²) in [6.07, 6.45) is 3.88. The standard InChI is InChI=1S/C11H19NOS/c1-3-4-5-8-12-9-10-6-7-11(13-2)14-10/h6-7,12H,3-5,8-9H2,1-2H3. The quantitative estimate of drug-likeness (QED) is 0.703. The van der Waals surface area contributed by atoms with Crippen LogP contribution in [0, 0.1) is 0 Å². The highest BCUT2D eigenvalue weighted by molar-refractivity contribution is 7.13. The lowest BCUT2D eigenvalue weighted by atomic mass is 10.2. The maximum absolute atomic E-state index is 5.13. The molecule has 3 heteroatoms. The third-order valence-electron chi connectivity index (χ3n) is 2.09. The molecule has 2 nitrogen and oxygen atoms in total. The third-order valence-corrected chi connectivity index (χ3v) is 3.14. The van der Waals surface area contributed by atoms with Gasteiger partial charge in [0.1, 0.15) is 0 Å². The number of methoxy groups -OCH3 is 1. The first-order valence-corrected chi connectivity index (χ1v) is 6.02. The molecule has 0 fully saturated rings. The molecule has 0 aliphatic rings. The van der Waals surface area contributed by atoms with Crippen LogP contribution in [0.2, 0.25) is 0 Å². The predicted molar refractivity (Wildman–Crippen MR) is 62.1 cm³/mol. The number of hydrogen-bond acceptors (Lipinski definition) is 3. The number of unbranched alkanes of at least 4 members (excludes halogenated alkanes) is 2. The molecule has 0 aromatic carbocycles. The summed E-state index contributed by atoms with van der Waals surface area (Å²) in [7, 11) is 1.71. The van der Waals surface area contributed by atoms with Crippen LogP contribution in [-0.2, 0) is 6.54 Å². The first-order chi connectivity index (χ1) is 6.86. The summed E-state index contributed by atoms with van der Waals surface area (Å²) in [5.74, 6) is 0. The molecule has 0 spiro atoms. The Kier molecular flexibility index (Phi) is 5.64. The second-order valence-corrected chi connectivity index (χ2v) is 4.44. The van der Waals surface area contributed by atoms with E-state index in [-0.39, 0.29) is 0 Å². The molecule has 0 aliphatic carbocycles. The van der Waals surface area contributed by atoms with Crippen molar-refractivity contribution < 1.29 is 4.74 Å². The van der Waals surface area contributed by atoms with Crippen LogP contribution in [-0.4, -0.2) is 13.7 Å². The molecular weight excluding hydrogens is 194 g/mol. The molecule has 0 amide bonds. The summed E-state index contributed by atoms with van der Waals surface area (Å²) in [5.41, 5.74) is 0. The Balaban J connectivity index is 2.12. The summed E-state index contributed by atoms with van der Waals surface area (Å²) in [6, 6.07) is 4.14. The Hall–Kier alpha value is -0.540. The van der Waals surface area contributed by atoms with E-state index in [0.29, 0.717) is 0 Å². The molecule has 0 saturated heterocycles. The molecule has 1 aromatic heterocycles. The van der Waals surface area contributed by atoms with Crippen LogP contribution in [0.25, 0.3) is 0 Å². The van der Waals surface area contributed by atoms with Crippen molar-refractivity contribution in [3.05, 3.63) is 17.0 Å². The van der Waals surface area contributed by atoms with Crippen molar-refractivity contribution in [3.8, 4) is 5.06 Å². The molecule has 0 radical (unpaired) electrons. The van der Waals surface area contributed by atoms with Crippen LogP contribution in [0.1, 0.15) is 31.1 Å². The van der Waals surface area contributed by atoms with E-state index in [4.69, 9.17) is 4.74 Å². The lowest BCUT2D eigenvalue weighted by molar-refractivity contribution is 0.427. The van der Waals surface area contributed by atoms with Gasteiger partial charge in [-0.1, -0.05) is 19.8 Å². The van der Waals surface area contributed by atoms with Crippen molar-refractivity contribution in [2.75, 3.05) is 13.7 Å². The molecule has 0 bridgehead atoms. The van der Waals surface area contributed by atoms with Gasteiger partial charge >= 0.3 is 0 Å². The van der Waals surface area contributed by atoms with Gasteiger partial charge < -0.3 is 10.1 Å². The average molecular weight is 213 g/mol. The van der Waals surface area contributed by atoms with Gasteiger partial charge in [0, 0.05) is 11.4 Å². The minimum Gasteiger partial charge on any atom is -0.487 e. The zero-order chi connectivity index (χ0) is 10.2. The van der Waals surface area contributed by atoms with Crippen LogP contribution >= 0.6 is 11.3 Å². The van der Waals surface area contributed by atoms with Crippen LogP contribution < -0.4 is 10.1 Å². The summed E-state index contributed by atoms with van der Waals surface area (Å²) in [5, 5.41) is 4.42. The molecular formula is C11H19NOS. The van der Waals surface area contributed by atoms with Gasteiger partial charge in [-0.25, -0.2) is 0 Å². The molecule has 0 unspecified atom stereocenters. The second kappa shape index (κ2) is 6.85. The fourth-order valence-electron chi connectivity index (χ4n) is 1.27. The molecule has 0 atom stereocenters. The van der Waals surface area contributed by atoms with Crippen LogP contribution in [0.15, 0.2) is 12.1 Å². The number of nitrogens with one attached hydrogen (secondary N) is 1. The van der Waals surface area contributed by atoms with Crippen molar-refractivity contribution in [1.29, 1.82) is 0 Å². The molecule has 80 valence electrons. The van der Waals surface area contributed by atoms with Crippen LogP contribution in [0.3, 0.4) is 0 Å². The van der Waals surface area contributed by atoms with E-state index in [9.17, 15) is 0 Å². The normalized spacial score (nSPS) is 10.4. The van der Waals surface area contributed by atoms with Gasteiger partial charge in [-0.05, 0) is 25.1 Å². The monoisotopic (exact) mass is 213 g/mol. The Morgan fingerprint density at radius 1 is 1.36 bits per heavy atom. The lowest BCUT2D eigenvalue weighted by Gasteiger charge is -2.01. The minimum atomic E-state index is 0.970. The summed E-state index contributed by atoms with van der Waals surface area (Å²) in [6.45, 7) is 4.32. The highest BCUT2D eigenvalue weighted by Crippen LogP contribution is 2.23. The maximum atomic E-state index is 5.13. The van der Waals surface area contributed by atoms with E-state index < -0.39 is 0 Å². The Bertz CT molecular complexity index is 247. The van der Waals surface area contributed by atoms with Gasteiger partial charge in [0.2, 0.25) is 0 Å². The molecule has 0 saturated carbocycles. The van der Waals surface area contributed by atoms with Crippen molar-refractivity contribution in [1.82, 2.24) is 5.32 Å². The van der Waals surface area contributed by atoms with Gasteiger partial charge in [-0.2, -0.15) is 0 Å². The predicted octanol–water partition coefficient (Wildman–Crippen LogP) is 3.04. The number of thiophene rings is 1. The summed E-state index contributed by atoms with van der Waals surface area (Å²) >= 11 is 1.71. The van der Waals surface area contributed by atoms with E-state index in [2.05, 4.69) is 18.3 Å². The molecule has 0 aliphatic heterocycles. The average Bonchev–Trinajstić information content (AvgIpc) is 2.65. The molecule has 1 rings (SSSR count). The minimum absolute atomic E-state index is 0.970. The highest BCUT2D eigenvalue weighted by atomic mass is 32.1. The van der Waals surface area contributed by atoms with Crippen molar-refractivity contribution in [3.63, 3.8) is 0 Å². The Morgan fingerprint density at radius 3 is 2.86 bits per heavy atom. The van der Waals surface area contributed by atoms with E-state index in [1.54, 1.807) is 18.4 Å². The van der Waals surface area contributed by atoms with Gasteiger partial charge in [0.15, 0.2) is 5.06 Å². The first kappa shape index (κ1) is 11.5. The maximum Gasteiger partial charge on any atom is 0.173 e. The fraction of sp³-hybridized carbons (Fsp3) is 0.636. The van der Waals surface area contributed by atoms with Gasteiger partial charge in [0.05, 0.1) is 7.11 Å². The SMILES string of the molecule is CCCCCNCc1ccc(OC)s1. The number of ether oxygens (including phenoxy) is 1. The van der Waals surface area contributed by atoms with Crippen molar-refractivity contribution >= 4 is 11.3 Å². The van der Waals surface area contributed by atoms with E-state index in [1.807, 2.05) is 6.07 Å². The zero-order valence-corrected chi connectivity index (χ0v) is 9.82. The smallest absolute Gasteiger partial charge is 0.173 e. The molecule has 1 aromatic rings. The number of hydrogen-bond donors (Lipinski definition) is 1. The third kappa shape index (κ3) is 4.11. The molecule has 14 heavy (non-hydrogen) atoms. The van der Waals surface area contributed by atoms with E-state index in [1.165, 1.54) is 24.1 Å². The number of rotatable bonds is 7. The van der Waals surface area contributed by atoms with Crippen LogP contribution in [0.4, 0.5) is 0 Å². The van der Waals surface area contributed by atoms with E-state index in [0.717, 1.165) is 18.2 Å². The first-order valence-electron chi connectivity index (χ1n) is 5.20. The van der Waals surface area contributed by atoms with Crippen molar-refractivity contribution in [2.45, 2.75) is 32.7 Å². The van der Waals surface area contributed by atoms with Gasteiger partial charge in [-0.3, -0.25) is 0 Å². The lowest BCUT2D eigenvalue weighted by Crippen LogP contribution is -2.13. The molecule has 1 heterocycles. The largest absolute Gasteiger partial charge is 0.487 e. The summed E-state index contributed by atoms with van der Waals surface area (Å²) < 4.78 is 5.13. The Labute approximate surface area is 90.3 Å².